The van der Waals surface area contributed by atoms with Gasteiger partial charge in [0.25, 0.3) is 0 Å². The van der Waals surface area contributed by atoms with Crippen LogP contribution >= 0.6 is 0 Å². The molecule has 0 radical (unpaired) electrons. The maximum Gasteiger partial charge on any atom is 0.226 e. The number of nitrogens with one attached hydrogen (secondary N) is 1. The summed E-state index contributed by atoms with van der Waals surface area (Å²) in [6.45, 7) is 0.450. The van der Waals surface area contributed by atoms with Crippen molar-refractivity contribution in [1.82, 2.24) is 5.32 Å². The van der Waals surface area contributed by atoms with E-state index in [1.807, 2.05) is 18.2 Å². The van der Waals surface area contributed by atoms with Gasteiger partial charge in [0.05, 0.1) is 26.7 Å². The highest BCUT2D eigenvalue weighted by Gasteiger charge is 2.60. The molecule has 5 nitrogen and oxygen atoms in total. The number of rotatable bonds is 7. The molecule has 2 aromatic carbocycles. The van der Waals surface area contributed by atoms with E-state index >= 15 is 0 Å². The lowest BCUT2D eigenvalue weighted by molar-refractivity contribution is -0.149. The van der Waals surface area contributed by atoms with Gasteiger partial charge in [0.2, 0.25) is 5.91 Å². The van der Waals surface area contributed by atoms with Crippen molar-refractivity contribution < 1.29 is 19.0 Å². The molecule has 2 aromatic rings. The highest BCUT2D eigenvalue weighted by molar-refractivity contribution is 5.83. The second-order valence-corrected chi connectivity index (χ2v) is 10.1. The number of hydrogen-bond acceptors (Lipinski definition) is 4. The van der Waals surface area contributed by atoms with Crippen LogP contribution in [0.25, 0.3) is 0 Å². The van der Waals surface area contributed by atoms with Crippen LogP contribution in [0.1, 0.15) is 49.7 Å². The van der Waals surface area contributed by atoms with Gasteiger partial charge in [0, 0.05) is 12.1 Å². The molecular weight excluding hydrogens is 402 g/mol. The number of hydrogen-bond donors (Lipinski definition) is 1. The van der Waals surface area contributed by atoms with Crippen LogP contribution in [0.2, 0.25) is 0 Å². The summed E-state index contributed by atoms with van der Waals surface area (Å²) < 4.78 is 16.2. The van der Waals surface area contributed by atoms with Gasteiger partial charge in [-0.2, -0.15) is 0 Å². The quantitative estimate of drug-likeness (QED) is 0.674. The predicted molar refractivity (Wildman–Crippen MR) is 123 cm³/mol. The van der Waals surface area contributed by atoms with Crippen molar-refractivity contribution in [3.63, 3.8) is 0 Å². The fourth-order valence-corrected chi connectivity index (χ4v) is 7.19. The summed E-state index contributed by atoms with van der Waals surface area (Å²) >= 11 is 0. The average Bonchev–Trinajstić information content (AvgIpc) is 2.81. The van der Waals surface area contributed by atoms with Crippen molar-refractivity contribution in [2.24, 2.45) is 17.3 Å². The molecule has 4 bridgehead atoms. The molecule has 0 aromatic heterocycles. The summed E-state index contributed by atoms with van der Waals surface area (Å²) in [5.74, 6) is 3.90. The molecule has 0 aliphatic heterocycles. The van der Waals surface area contributed by atoms with Gasteiger partial charge in [-0.15, -0.1) is 0 Å². The van der Waals surface area contributed by atoms with Crippen LogP contribution in [-0.4, -0.2) is 27.2 Å². The highest BCUT2D eigenvalue weighted by Crippen LogP contribution is 2.65. The maximum atomic E-state index is 13.7. The molecule has 170 valence electrons. The lowest BCUT2D eigenvalue weighted by Crippen LogP contribution is -2.59. The summed E-state index contributed by atoms with van der Waals surface area (Å²) in [7, 11) is 5.01. The van der Waals surface area contributed by atoms with E-state index in [9.17, 15) is 4.79 Å². The monoisotopic (exact) mass is 435 g/mol. The Balaban J connectivity index is 1.38. The first-order chi connectivity index (χ1) is 15.5. The number of methoxy groups -OCH3 is 3. The van der Waals surface area contributed by atoms with Crippen molar-refractivity contribution in [2.45, 2.75) is 50.5 Å². The van der Waals surface area contributed by atoms with Gasteiger partial charge in [0.15, 0.2) is 0 Å². The normalized spacial score (nSPS) is 30.1. The molecule has 32 heavy (non-hydrogen) atoms. The Hall–Kier alpha value is -2.69. The molecule has 4 aliphatic carbocycles. The second-order valence-electron chi connectivity index (χ2n) is 10.1. The Kier molecular flexibility index (Phi) is 5.31. The minimum Gasteiger partial charge on any atom is -0.497 e. The third-order valence-electron chi connectivity index (χ3n) is 8.17. The standard InChI is InChI=1S/C27H33NO4/c1-30-22-6-4-21(5-7-22)26-12-18-10-19(13-26)15-27(14-18,17-26)25(29)28-16-20-11-23(31-2)8-9-24(20)32-3/h4-9,11,18-19H,10,12-17H2,1-3H3,(H,28,29). The summed E-state index contributed by atoms with van der Waals surface area (Å²) in [6.07, 6.45) is 6.66. The third kappa shape index (κ3) is 3.52. The number of ether oxygens (including phenoxy) is 3. The third-order valence-corrected chi connectivity index (χ3v) is 8.17. The highest BCUT2D eigenvalue weighted by atomic mass is 16.5. The van der Waals surface area contributed by atoms with Crippen molar-refractivity contribution in [3.05, 3.63) is 53.6 Å². The number of carbonyl (C=O) groups excluding carboxylic acids is 1. The lowest BCUT2D eigenvalue weighted by atomic mass is 9.42. The first-order valence-corrected chi connectivity index (χ1v) is 11.6. The first-order valence-electron chi connectivity index (χ1n) is 11.6. The van der Waals surface area contributed by atoms with Crippen LogP contribution < -0.4 is 19.5 Å². The topological polar surface area (TPSA) is 56.8 Å². The fraction of sp³-hybridized carbons (Fsp3) is 0.519. The van der Waals surface area contributed by atoms with Gasteiger partial charge >= 0.3 is 0 Å². The Bertz CT molecular complexity index is 985. The van der Waals surface area contributed by atoms with E-state index < -0.39 is 0 Å². The fourth-order valence-electron chi connectivity index (χ4n) is 7.19. The molecule has 0 heterocycles. The minimum atomic E-state index is -0.268. The van der Waals surface area contributed by atoms with E-state index in [1.165, 1.54) is 24.8 Å². The van der Waals surface area contributed by atoms with Gasteiger partial charge in [-0.25, -0.2) is 0 Å². The molecule has 0 saturated heterocycles. The molecule has 6 rings (SSSR count). The van der Waals surface area contributed by atoms with Crippen LogP contribution in [0.4, 0.5) is 0 Å². The molecule has 5 heteroatoms. The van der Waals surface area contributed by atoms with Gasteiger partial charge in [-0.05, 0) is 91.7 Å². The van der Waals surface area contributed by atoms with E-state index in [4.69, 9.17) is 14.2 Å². The molecule has 2 unspecified atom stereocenters. The lowest BCUT2D eigenvalue weighted by Gasteiger charge is -2.61. The van der Waals surface area contributed by atoms with Gasteiger partial charge in [0.1, 0.15) is 17.2 Å². The average molecular weight is 436 g/mol. The largest absolute Gasteiger partial charge is 0.497 e. The van der Waals surface area contributed by atoms with Gasteiger partial charge in [-0.3, -0.25) is 4.79 Å². The molecule has 0 spiro atoms. The summed E-state index contributed by atoms with van der Waals surface area (Å²) in [6, 6.07) is 14.3. The Morgan fingerprint density at radius 1 is 0.906 bits per heavy atom. The van der Waals surface area contributed by atoms with E-state index in [2.05, 4.69) is 29.6 Å². The van der Waals surface area contributed by atoms with Crippen molar-refractivity contribution in [2.75, 3.05) is 21.3 Å². The van der Waals surface area contributed by atoms with E-state index in [0.717, 1.165) is 42.1 Å². The van der Waals surface area contributed by atoms with Crippen LogP contribution in [0.15, 0.2) is 42.5 Å². The zero-order chi connectivity index (χ0) is 22.3. The van der Waals surface area contributed by atoms with E-state index in [0.29, 0.717) is 18.4 Å². The molecule has 4 aliphatic rings. The van der Waals surface area contributed by atoms with Crippen molar-refractivity contribution in [1.29, 1.82) is 0 Å². The molecule has 1 amide bonds. The van der Waals surface area contributed by atoms with Crippen LogP contribution in [0.5, 0.6) is 17.2 Å². The molecule has 1 N–H and O–H groups in total. The molecule has 4 fully saturated rings. The maximum absolute atomic E-state index is 13.7. The van der Waals surface area contributed by atoms with E-state index in [-0.39, 0.29) is 16.7 Å². The molecule has 2 atom stereocenters. The van der Waals surface area contributed by atoms with Crippen LogP contribution in [-0.2, 0) is 16.8 Å². The second kappa shape index (κ2) is 8.02. The van der Waals surface area contributed by atoms with Gasteiger partial charge < -0.3 is 19.5 Å². The summed E-state index contributed by atoms with van der Waals surface area (Å²) in [5.41, 5.74) is 2.16. The molecular formula is C27H33NO4. The predicted octanol–water partition coefficient (Wildman–Crippen LogP) is 4.87. The van der Waals surface area contributed by atoms with Crippen molar-refractivity contribution in [3.8, 4) is 17.2 Å². The SMILES string of the molecule is COc1ccc(C23CC4CC(CC(C(=O)NCc5cc(OC)ccc5OC)(C4)C2)C3)cc1. The number of carbonyl (C=O) groups is 1. The van der Waals surface area contributed by atoms with E-state index in [1.54, 1.807) is 21.3 Å². The minimum absolute atomic E-state index is 0.112. The Morgan fingerprint density at radius 3 is 2.19 bits per heavy atom. The first kappa shape index (κ1) is 21.2. The van der Waals surface area contributed by atoms with Crippen molar-refractivity contribution >= 4 is 5.91 Å². The van der Waals surface area contributed by atoms with Crippen LogP contribution in [0, 0.1) is 17.3 Å². The summed E-state index contributed by atoms with van der Waals surface area (Å²) in [4.78, 5) is 13.7. The number of benzene rings is 2. The number of amides is 1. The summed E-state index contributed by atoms with van der Waals surface area (Å²) in [5, 5.41) is 3.27. The van der Waals surface area contributed by atoms with Crippen LogP contribution in [0.3, 0.4) is 0 Å². The van der Waals surface area contributed by atoms with Gasteiger partial charge in [-0.1, -0.05) is 12.1 Å². The Morgan fingerprint density at radius 2 is 1.56 bits per heavy atom. The zero-order valence-electron chi connectivity index (χ0n) is 19.3. The zero-order valence-corrected chi connectivity index (χ0v) is 19.3. The smallest absolute Gasteiger partial charge is 0.226 e. The molecule has 4 saturated carbocycles. The Labute approximate surface area is 190 Å².